The van der Waals surface area contributed by atoms with Crippen LogP contribution in [0.5, 0.6) is 5.88 Å². The molecule has 3 heterocycles. The van der Waals surface area contributed by atoms with Gasteiger partial charge in [-0.15, -0.1) is 0 Å². The van der Waals surface area contributed by atoms with Crippen LogP contribution in [0.15, 0.2) is 24.7 Å². The Bertz CT molecular complexity index is 646. The van der Waals surface area contributed by atoms with Gasteiger partial charge in [-0.1, -0.05) is 0 Å². The summed E-state index contributed by atoms with van der Waals surface area (Å²) in [6.07, 6.45) is 4.26. The van der Waals surface area contributed by atoms with Gasteiger partial charge in [0.2, 0.25) is 5.88 Å². The number of aromatic nitrogens is 3. The first-order valence-electron chi connectivity index (χ1n) is 7.12. The van der Waals surface area contributed by atoms with Crippen LogP contribution in [0, 0.1) is 0 Å². The van der Waals surface area contributed by atoms with Crippen LogP contribution in [0.2, 0.25) is 0 Å². The monoisotopic (exact) mass is 285 g/mol. The van der Waals surface area contributed by atoms with Crippen molar-refractivity contribution in [2.45, 2.75) is 26.3 Å². The number of hydrogen-bond donors (Lipinski definition) is 1. The Kier molecular flexibility index (Phi) is 3.60. The maximum Gasteiger partial charge on any atom is 0.237 e. The molecule has 2 aromatic heterocycles. The third kappa shape index (κ3) is 2.49. The van der Waals surface area contributed by atoms with Crippen molar-refractivity contribution in [3.8, 4) is 5.88 Å². The molecule has 1 N–H and O–H groups in total. The van der Waals surface area contributed by atoms with Gasteiger partial charge >= 0.3 is 0 Å². The average molecular weight is 285 g/mol. The molecule has 0 saturated carbocycles. The lowest BCUT2D eigenvalue weighted by molar-refractivity contribution is 0.329. The fourth-order valence-electron chi connectivity index (χ4n) is 2.53. The molecule has 0 aromatic carbocycles. The van der Waals surface area contributed by atoms with Crippen LogP contribution in [0.25, 0.3) is 0 Å². The maximum atomic E-state index is 5.55. The van der Waals surface area contributed by atoms with E-state index in [0.29, 0.717) is 18.5 Å². The molecule has 6 heteroatoms. The topological polar surface area (TPSA) is 63.2 Å². The van der Waals surface area contributed by atoms with Gasteiger partial charge in [0.1, 0.15) is 17.7 Å². The highest BCUT2D eigenvalue weighted by atomic mass is 16.5. The highest BCUT2D eigenvalue weighted by molar-refractivity contribution is 5.76. The van der Waals surface area contributed by atoms with Crippen LogP contribution in [0.1, 0.15) is 19.5 Å². The Hall–Kier alpha value is -2.37. The molecule has 1 aliphatic rings. The SMILES string of the molecule is CCOc1ncccc1Nc1ncnc2c1N(C)C(C)C2. The number of pyridine rings is 1. The fourth-order valence-corrected chi connectivity index (χ4v) is 2.53. The summed E-state index contributed by atoms with van der Waals surface area (Å²) in [4.78, 5) is 15.2. The van der Waals surface area contributed by atoms with E-state index < -0.39 is 0 Å². The van der Waals surface area contributed by atoms with Gasteiger partial charge in [-0.3, -0.25) is 0 Å². The van der Waals surface area contributed by atoms with Crippen LogP contribution < -0.4 is 15.0 Å². The first-order valence-corrected chi connectivity index (χ1v) is 7.12. The molecule has 0 radical (unpaired) electrons. The number of rotatable bonds is 4. The molecule has 0 fully saturated rings. The molecule has 0 bridgehead atoms. The second kappa shape index (κ2) is 5.55. The predicted octanol–water partition coefficient (Wildman–Crippen LogP) is 2.39. The number of nitrogens with one attached hydrogen (secondary N) is 1. The van der Waals surface area contributed by atoms with Crippen molar-refractivity contribution < 1.29 is 4.74 Å². The molecule has 0 spiro atoms. The van der Waals surface area contributed by atoms with Gasteiger partial charge in [0.05, 0.1) is 12.3 Å². The minimum absolute atomic E-state index is 0.428. The second-order valence-electron chi connectivity index (χ2n) is 5.10. The van der Waals surface area contributed by atoms with Crippen LogP contribution in [-0.2, 0) is 6.42 Å². The van der Waals surface area contributed by atoms with E-state index in [1.54, 1.807) is 12.5 Å². The van der Waals surface area contributed by atoms with E-state index in [9.17, 15) is 0 Å². The van der Waals surface area contributed by atoms with E-state index in [0.717, 1.165) is 29.3 Å². The van der Waals surface area contributed by atoms with Crippen molar-refractivity contribution in [1.82, 2.24) is 15.0 Å². The lowest BCUT2D eigenvalue weighted by Gasteiger charge is -2.20. The van der Waals surface area contributed by atoms with Crippen molar-refractivity contribution in [3.05, 3.63) is 30.4 Å². The van der Waals surface area contributed by atoms with Crippen molar-refractivity contribution in [3.63, 3.8) is 0 Å². The Morgan fingerprint density at radius 3 is 3.05 bits per heavy atom. The van der Waals surface area contributed by atoms with Gasteiger partial charge in [0.25, 0.3) is 0 Å². The second-order valence-corrected chi connectivity index (χ2v) is 5.10. The zero-order valence-electron chi connectivity index (χ0n) is 12.5. The number of nitrogens with zero attached hydrogens (tertiary/aromatic N) is 4. The molecule has 0 saturated heterocycles. The first kappa shape index (κ1) is 13.6. The predicted molar refractivity (Wildman–Crippen MR) is 82.3 cm³/mol. The standard InChI is InChI=1S/C15H19N5O/c1-4-21-15-11(6-5-7-16-15)19-14-13-12(17-9-18-14)8-10(2)20(13)3/h5-7,9-10H,4,8H2,1-3H3,(H,17,18,19). The van der Waals surface area contributed by atoms with E-state index in [-0.39, 0.29) is 0 Å². The quantitative estimate of drug-likeness (QED) is 0.930. The molecular weight excluding hydrogens is 266 g/mol. The van der Waals surface area contributed by atoms with E-state index in [1.807, 2.05) is 19.1 Å². The van der Waals surface area contributed by atoms with Crippen LogP contribution >= 0.6 is 0 Å². The molecular formula is C15H19N5O. The number of anilines is 3. The summed E-state index contributed by atoms with van der Waals surface area (Å²) in [6, 6.07) is 4.24. The van der Waals surface area contributed by atoms with Crippen molar-refractivity contribution in [1.29, 1.82) is 0 Å². The molecule has 3 rings (SSSR count). The number of fused-ring (bicyclic) bond motifs is 1. The summed E-state index contributed by atoms with van der Waals surface area (Å²) in [6.45, 7) is 4.70. The van der Waals surface area contributed by atoms with Crippen LogP contribution in [0.3, 0.4) is 0 Å². The molecule has 1 unspecified atom stereocenters. The fraction of sp³-hybridized carbons (Fsp3) is 0.400. The third-order valence-corrected chi connectivity index (χ3v) is 3.71. The summed E-state index contributed by atoms with van der Waals surface area (Å²) in [5.41, 5.74) is 2.94. The van der Waals surface area contributed by atoms with E-state index in [1.165, 1.54) is 0 Å². The van der Waals surface area contributed by atoms with Gasteiger partial charge in [-0.2, -0.15) is 0 Å². The minimum atomic E-state index is 0.428. The molecule has 2 aromatic rings. The highest BCUT2D eigenvalue weighted by Gasteiger charge is 2.28. The van der Waals surface area contributed by atoms with Gasteiger partial charge in [0, 0.05) is 25.7 Å². The molecule has 6 nitrogen and oxygen atoms in total. The van der Waals surface area contributed by atoms with Crippen molar-refractivity contribution in [2.24, 2.45) is 0 Å². The largest absolute Gasteiger partial charge is 0.476 e. The van der Waals surface area contributed by atoms with Gasteiger partial charge in [-0.25, -0.2) is 15.0 Å². The highest BCUT2D eigenvalue weighted by Crippen LogP contribution is 2.37. The van der Waals surface area contributed by atoms with Gasteiger partial charge in [-0.05, 0) is 26.0 Å². The Morgan fingerprint density at radius 2 is 2.24 bits per heavy atom. The van der Waals surface area contributed by atoms with Gasteiger partial charge in [0.15, 0.2) is 5.82 Å². The Morgan fingerprint density at radius 1 is 1.38 bits per heavy atom. The van der Waals surface area contributed by atoms with E-state index in [4.69, 9.17) is 4.74 Å². The molecule has 0 aliphatic carbocycles. The Labute approximate surface area is 124 Å². The zero-order valence-corrected chi connectivity index (χ0v) is 12.5. The van der Waals surface area contributed by atoms with E-state index in [2.05, 4.69) is 39.1 Å². The van der Waals surface area contributed by atoms with Crippen molar-refractivity contribution >= 4 is 17.2 Å². The molecule has 1 atom stereocenters. The van der Waals surface area contributed by atoms with Crippen LogP contribution in [0.4, 0.5) is 17.2 Å². The number of ether oxygens (including phenoxy) is 1. The third-order valence-electron chi connectivity index (χ3n) is 3.71. The van der Waals surface area contributed by atoms with Crippen LogP contribution in [-0.4, -0.2) is 34.6 Å². The Balaban J connectivity index is 1.96. The average Bonchev–Trinajstić information content (AvgIpc) is 2.77. The summed E-state index contributed by atoms with van der Waals surface area (Å²) in [5.74, 6) is 1.38. The molecule has 110 valence electrons. The normalized spacial score (nSPS) is 16.7. The maximum absolute atomic E-state index is 5.55. The van der Waals surface area contributed by atoms with Gasteiger partial charge < -0.3 is 15.0 Å². The van der Waals surface area contributed by atoms with E-state index >= 15 is 0 Å². The lowest BCUT2D eigenvalue weighted by atomic mass is 10.2. The summed E-state index contributed by atoms with van der Waals surface area (Å²) < 4.78 is 5.55. The summed E-state index contributed by atoms with van der Waals surface area (Å²) >= 11 is 0. The molecule has 21 heavy (non-hydrogen) atoms. The van der Waals surface area contributed by atoms with Crippen molar-refractivity contribution in [2.75, 3.05) is 23.9 Å². The number of likely N-dealkylation sites (N-methyl/N-ethyl adjacent to an activating group) is 1. The lowest BCUT2D eigenvalue weighted by Crippen LogP contribution is -2.24. The zero-order chi connectivity index (χ0) is 14.8. The molecule has 0 amide bonds. The molecule has 1 aliphatic heterocycles. The minimum Gasteiger partial charge on any atom is -0.476 e. The smallest absolute Gasteiger partial charge is 0.237 e. The number of hydrogen-bond acceptors (Lipinski definition) is 6. The first-order chi connectivity index (χ1) is 10.2. The summed E-state index contributed by atoms with van der Waals surface area (Å²) in [5, 5.41) is 3.33. The summed E-state index contributed by atoms with van der Waals surface area (Å²) in [7, 11) is 2.07.